The molecule has 0 fully saturated rings. The Labute approximate surface area is 126 Å². The molecule has 108 valence electrons. The molecule has 0 spiro atoms. The quantitative estimate of drug-likeness (QED) is 0.791. The summed E-state index contributed by atoms with van der Waals surface area (Å²) in [4.78, 5) is 29.1. The number of benzene rings is 1. The molecule has 21 heavy (non-hydrogen) atoms. The lowest BCUT2D eigenvalue weighted by atomic mass is 10.1. The summed E-state index contributed by atoms with van der Waals surface area (Å²) in [6.45, 7) is 3.97. The van der Waals surface area contributed by atoms with Gasteiger partial charge in [-0.15, -0.1) is 11.3 Å². The lowest BCUT2D eigenvalue weighted by Crippen LogP contribution is -2.25. The maximum Gasteiger partial charge on any atom is 0.271 e. The van der Waals surface area contributed by atoms with E-state index in [1.165, 1.54) is 21.9 Å². The van der Waals surface area contributed by atoms with Gasteiger partial charge in [0.25, 0.3) is 11.5 Å². The van der Waals surface area contributed by atoms with Crippen LogP contribution < -0.4 is 10.9 Å². The van der Waals surface area contributed by atoms with Gasteiger partial charge < -0.3 is 5.32 Å². The zero-order valence-corrected chi connectivity index (χ0v) is 12.4. The van der Waals surface area contributed by atoms with Gasteiger partial charge in [0.1, 0.15) is 5.56 Å². The van der Waals surface area contributed by atoms with Gasteiger partial charge >= 0.3 is 0 Å². The van der Waals surface area contributed by atoms with Crippen molar-refractivity contribution in [2.24, 2.45) is 0 Å². The van der Waals surface area contributed by atoms with E-state index in [-0.39, 0.29) is 12.5 Å². The van der Waals surface area contributed by atoms with Gasteiger partial charge in [0, 0.05) is 24.9 Å². The molecule has 5 nitrogen and oxygen atoms in total. The minimum atomic E-state index is -0.448. The van der Waals surface area contributed by atoms with E-state index in [9.17, 15) is 9.59 Å². The molecule has 2 heterocycles. The van der Waals surface area contributed by atoms with Crippen molar-refractivity contribution in [2.45, 2.75) is 13.8 Å². The standard InChI is InChI=1S/C15H13N3O2S.H2/c1-9-3-4-11(7-10(9)2)17-13(19)12-8-16-15-18(14(12)20)5-6-21-15;/h3-8H,1-2H3,(H,17,19);1H. The Morgan fingerprint density at radius 1 is 1.33 bits per heavy atom. The number of hydrogen-bond donors (Lipinski definition) is 1. The number of carbonyl (C=O) groups excluding carboxylic acids is 1. The number of carbonyl (C=O) groups is 1. The molecule has 6 heteroatoms. The van der Waals surface area contributed by atoms with Gasteiger partial charge in [-0.3, -0.25) is 14.0 Å². The number of aryl methyl sites for hydroxylation is 2. The SMILES string of the molecule is Cc1ccc(NC(=O)c2cnc3sccn3c2=O)cc1C.[HH]. The normalized spacial score (nSPS) is 10.8. The molecule has 1 amide bonds. The molecule has 0 radical (unpaired) electrons. The van der Waals surface area contributed by atoms with Crippen molar-refractivity contribution in [3.8, 4) is 0 Å². The summed E-state index contributed by atoms with van der Waals surface area (Å²) < 4.78 is 1.37. The molecular formula is C15H15N3O2S. The van der Waals surface area contributed by atoms with Crippen molar-refractivity contribution in [1.29, 1.82) is 0 Å². The van der Waals surface area contributed by atoms with Crippen molar-refractivity contribution in [3.05, 3.63) is 63.0 Å². The summed E-state index contributed by atoms with van der Waals surface area (Å²) in [7, 11) is 0. The zero-order valence-electron chi connectivity index (χ0n) is 11.6. The molecular weight excluding hydrogens is 286 g/mol. The van der Waals surface area contributed by atoms with E-state index in [2.05, 4.69) is 10.3 Å². The average molecular weight is 301 g/mol. The van der Waals surface area contributed by atoms with Gasteiger partial charge in [-0.2, -0.15) is 0 Å². The summed E-state index contributed by atoms with van der Waals surface area (Å²) in [6.07, 6.45) is 2.94. The van der Waals surface area contributed by atoms with Crippen LogP contribution in [0.25, 0.3) is 4.96 Å². The lowest BCUT2D eigenvalue weighted by molar-refractivity contribution is 0.102. The largest absolute Gasteiger partial charge is 0.322 e. The van der Waals surface area contributed by atoms with E-state index in [1.807, 2.05) is 32.0 Å². The third kappa shape index (κ3) is 2.45. The molecule has 2 aromatic heterocycles. The van der Waals surface area contributed by atoms with Gasteiger partial charge in [0.2, 0.25) is 0 Å². The van der Waals surface area contributed by atoms with Crippen LogP contribution in [0.4, 0.5) is 5.69 Å². The lowest BCUT2D eigenvalue weighted by Gasteiger charge is -2.07. The Balaban J connectivity index is 0.00000176. The van der Waals surface area contributed by atoms with Crippen LogP contribution in [0.1, 0.15) is 22.9 Å². The van der Waals surface area contributed by atoms with Crippen LogP contribution in [0.15, 0.2) is 40.8 Å². The highest BCUT2D eigenvalue weighted by atomic mass is 32.1. The summed E-state index contributed by atoms with van der Waals surface area (Å²) >= 11 is 1.35. The monoisotopic (exact) mass is 301 g/mol. The van der Waals surface area contributed by atoms with Gasteiger partial charge in [-0.25, -0.2) is 4.98 Å². The number of amides is 1. The maximum atomic E-state index is 12.2. The highest BCUT2D eigenvalue weighted by Crippen LogP contribution is 2.15. The Morgan fingerprint density at radius 3 is 2.90 bits per heavy atom. The topological polar surface area (TPSA) is 63.5 Å². The molecule has 0 aliphatic heterocycles. The Kier molecular flexibility index (Phi) is 3.31. The molecule has 0 aliphatic carbocycles. The third-order valence-electron chi connectivity index (χ3n) is 3.35. The van der Waals surface area contributed by atoms with E-state index >= 15 is 0 Å². The predicted molar refractivity (Wildman–Crippen MR) is 85.3 cm³/mol. The predicted octanol–water partition coefficient (Wildman–Crippen LogP) is 2.87. The molecule has 0 saturated carbocycles. The molecule has 0 bridgehead atoms. The number of aromatic nitrogens is 2. The first-order chi connectivity index (χ1) is 10.1. The van der Waals surface area contributed by atoms with Crippen LogP contribution in [0.5, 0.6) is 0 Å². The van der Waals surface area contributed by atoms with Crippen molar-refractivity contribution >= 4 is 27.9 Å². The fraction of sp³-hybridized carbons (Fsp3) is 0.133. The summed E-state index contributed by atoms with van der Waals surface area (Å²) in [5, 5.41) is 4.49. The van der Waals surface area contributed by atoms with E-state index < -0.39 is 5.91 Å². The fourth-order valence-electron chi connectivity index (χ4n) is 2.00. The van der Waals surface area contributed by atoms with Crippen molar-refractivity contribution in [1.82, 2.24) is 9.38 Å². The molecule has 3 rings (SSSR count). The fourth-order valence-corrected chi connectivity index (χ4v) is 2.67. The van der Waals surface area contributed by atoms with E-state index in [4.69, 9.17) is 0 Å². The van der Waals surface area contributed by atoms with Crippen LogP contribution in [0, 0.1) is 13.8 Å². The van der Waals surface area contributed by atoms with Crippen LogP contribution in [-0.2, 0) is 0 Å². The van der Waals surface area contributed by atoms with Crippen LogP contribution in [0.2, 0.25) is 0 Å². The number of nitrogens with zero attached hydrogens (tertiary/aromatic N) is 2. The van der Waals surface area contributed by atoms with Crippen LogP contribution in [0.3, 0.4) is 0 Å². The molecule has 0 saturated heterocycles. The number of thiazole rings is 1. The number of rotatable bonds is 2. The van der Waals surface area contributed by atoms with Crippen molar-refractivity contribution < 1.29 is 6.22 Å². The van der Waals surface area contributed by atoms with Gasteiger partial charge in [-0.1, -0.05) is 6.07 Å². The van der Waals surface area contributed by atoms with E-state index in [0.29, 0.717) is 10.6 Å². The maximum absolute atomic E-state index is 12.2. The van der Waals surface area contributed by atoms with Gasteiger partial charge in [0.15, 0.2) is 4.96 Å². The zero-order chi connectivity index (χ0) is 15.0. The first kappa shape index (κ1) is 13.5. The van der Waals surface area contributed by atoms with Crippen LogP contribution in [-0.4, -0.2) is 15.3 Å². The van der Waals surface area contributed by atoms with Crippen LogP contribution >= 0.6 is 11.3 Å². The minimum Gasteiger partial charge on any atom is -0.322 e. The Morgan fingerprint density at radius 2 is 2.14 bits per heavy atom. The number of hydrogen-bond acceptors (Lipinski definition) is 4. The number of anilines is 1. The van der Waals surface area contributed by atoms with Crippen molar-refractivity contribution in [3.63, 3.8) is 0 Å². The van der Waals surface area contributed by atoms with Crippen molar-refractivity contribution in [2.75, 3.05) is 5.32 Å². The second kappa shape index (κ2) is 5.14. The van der Waals surface area contributed by atoms with Gasteiger partial charge in [-0.05, 0) is 37.1 Å². The molecule has 1 aromatic carbocycles. The van der Waals surface area contributed by atoms with Gasteiger partial charge in [0.05, 0.1) is 0 Å². The Hall–Kier alpha value is -2.47. The smallest absolute Gasteiger partial charge is 0.271 e. The minimum absolute atomic E-state index is 0. The second-order valence-corrected chi connectivity index (χ2v) is 5.66. The number of nitrogens with one attached hydrogen (secondary N) is 1. The molecule has 0 atom stereocenters. The Bertz CT molecular complexity index is 901. The van der Waals surface area contributed by atoms with E-state index in [0.717, 1.165) is 11.1 Å². The molecule has 3 aromatic rings. The molecule has 0 unspecified atom stereocenters. The number of fused-ring (bicyclic) bond motifs is 1. The summed E-state index contributed by atoms with van der Waals surface area (Å²) in [6, 6.07) is 5.62. The average Bonchev–Trinajstić information content (AvgIpc) is 2.92. The highest BCUT2D eigenvalue weighted by molar-refractivity contribution is 7.15. The highest BCUT2D eigenvalue weighted by Gasteiger charge is 2.14. The molecule has 0 aliphatic rings. The summed E-state index contributed by atoms with van der Waals surface area (Å²) in [5.41, 5.74) is 2.56. The summed E-state index contributed by atoms with van der Waals surface area (Å²) in [5.74, 6) is -0.448. The second-order valence-electron chi connectivity index (χ2n) is 4.79. The first-order valence-corrected chi connectivity index (χ1v) is 7.27. The van der Waals surface area contributed by atoms with E-state index in [1.54, 1.807) is 11.6 Å². The molecule has 1 N–H and O–H groups in total. The third-order valence-corrected chi connectivity index (χ3v) is 4.12. The first-order valence-electron chi connectivity index (χ1n) is 6.40.